The Morgan fingerprint density at radius 3 is 2.42 bits per heavy atom. The Bertz CT molecular complexity index is 1370. The molecule has 0 fully saturated rings. The lowest BCUT2D eigenvalue weighted by Gasteiger charge is -2.40. The summed E-state index contributed by atoms with van der Waals surface area (Å²) >= 11 is 0. The van der Waals surface area contributed by atoms with E-state index in [0.717, 1.165) is 17.0 Å². The van der Waals surface area contributed by atoms with Crippen LogP contribution in [0.5, 0.6) is 5.88 Å². The molecule has 0 unspecified atom stereocenters. The molecule has 3 heterocycles. The number of nitrogen functional groups attached to an aromatic ring is 2. The molecule has 0 radical (unpaired) electrons. The van der Waals surface area contributed by atoms with Crippen LogP contribution in [0.2, 0.25) is 0 Å². The zero-order chi connectivity index (χ0) is 27.8. The number of aromatic nitrogens is 3. The molecule has 1 aliphatic heterocycles. The number of pyridine rings is 1. The Morgan fingerprint density at radius 2 is 1.79 bits per heavy atom. The Kier molecular flexibility index (Phi) is 7.10. The Hall–Kier alpha value is -4.07. The normalized spacial score (nSPS) is 17.3. The summed E-state index contributed by atoms with van der Waals surface area (Å²) in [6, 6.07) is 4.01. The topological polar surface area (TPSA) is 129 Å². The predicted molar refractivity (Wildman–Crippen MR) is 127 cm³/mol. The van der Waals surface area contributed by atoms with Gasteiger partial charge in [0.1, 0.15) is 23.1 Å². The number of fused-ring (bicyclic) bond motifs is 1. The fraction of sp³-hybridized carbons (Fsp3) is 0.333. The lowest BCUT2D eigenvalue weighted by molar-refractivity contribution is -0.324. The van der Waals surface area contributed by atoms with Gasteiger partial charge in [-0.15, -0.1) is 13.2 Å². The first-order valence-corrected chi connectivity index (χ1v) is 11.4. The molecule has 14 heteroatoms. The number of nitrogens with zero attached hydrogens (tertiary/aromatic N) is 4. The monoisotopic (exact) mass is 538 g/mol. The minimum Gasteiger partial charge on any atom is -0.455 e. The first-order chi connectivity index (χ1) is 17.8. The van der Waals surface area contributed by atoms with Gasteiger partial charge in [0.25, 0.3) is 5.91 Å². The second-order valence-electron chi connectivity index (χ2n) is 8.59. The van der Waals surface area contributed by atoms with Gasteiger partial charge >= 0.3 is 6.36 Å². The van der Waals surface area contributed by atoms with Gasteiger partial charge in [0.05, 0.1) is 12.3 Å². The number of anilines is 3. The number of amides is 1. The van der Waals surface area contributed by atoms with E-state index in [9.17, 15) is 26.7 Å². The highest BCUT2D eigenvalue weighted by Crippen LogP contribution is 2.43. The molecule has 1 aromatic carbocycles. The van der Waals surface area contributed by atoms with Crippen molar-refractivity contribution in [2.45, 2.75) is 38.7 Å². The van der Waals surface area contributed by atoms with E-state index in [1.807, 2.05) is 6.92 Å². The number of carbonyl (C=O) groups excluding carboxylic acids is 1. The van der Waals surface area contributed by atoms with Gasteiger partial charge in [-0.2, -0.15) is 4.98 Å². The molecule has 4 rings (SSSR count). The van der Waals surface area contributed by atoms with Gasteiger partial charge in [-0.05, 0) is 38.0 Å². The number of alkyl halides is 3. The minimum atomic E-state index is -4.85. The van der Waals surface area contributed by atoms with Crippen molar-refractivity contribution < 1.29 is 36.2 Å². The number of carbonyl (C=O) groups is 1. The SMILES string of the molecule is CCc1nc(N)nc(N)c1-c1cnc2c(c1)N(CCCOC(F)(F)F)C(=O)[C@](C)(c1cc(F)cc(F)c1)O2. The van der Waals surface area contributed by atoms with E-state index in [2.05, 4.69) is 19.7 Å². The van der Waals surface area contributed by atoms with Crippen molar-refractivity contribution in [3.05, 3.63) is 53.4 Å². The van der Waals surface area contributed by atoms with Crippen LogP contribution in [0.25, 0.3) is 11.1 Å². The van der Waals surface area contributed by atoms with Crippen molar-refractivity contribution in [1.82, 2.24) is 15.0 Å². The van der Waals surface area contributed by atoms with Crippen LogP contribution >= 0.6 is 0 Å². The lowest BCUT2D eigenvalue weighted by Crippen LogP contribution is -2.53. The molecule has 38 heavy (non-hydrogen) atoms. The molecule has 0 bridgehead atoms. The van der Waals surface area contributed by atoms with Crippen LogP contribution in [0.3, 0.4) is 0 Å². The second-order valence-corrected chi connectivity index (χ2v) is 8.59. The average molecular weight is 538 g/mol. The average Bonchev–Trinajstić information content (AvgIpc) is 2.82. The highest BCUT2D eigenvalue weighted by Gasteiger charge is 2.47. The van der Waals surface area contributed by atoms with Gasteiger partial charge < -0.3 is 21.1 Å². The molecule has 4 N–H and O–H groups in total. The van der Waals surface area contributed by atoms with E-state index >= 15 is 0 Å². The number of aryl methyl sites for hydroxylation is 1. The minimum absolute atomic E-state index is 0.0306. The predicted octanol–water partition coefficient (Wildman–Crippen LogP) is 4.11. The zero-order valence-corrected chi connectivity index (χ0v) is 20.3. The van der Waals surface area contributed by atoms with E-state index in [1.165, 1.54) is 19.2 Å². The molecule has 1 aliphatic rings. The van der Waals surface area contributed by atoms with Crippen LogP contribution in [-0.4, -0.2) is 40.4 Å². The molecule has 1 atom stereocenters. The molecular formula is C24H23F5N6O3. The van der Waals surface area contributed by atoms with Crippen molar-refractivity contribution in [1.29, 1.82) is 0 Å². The third kappa shape index (κ3) is 5.30. The molecule has 3 aromatic rings. The van der Waals surface area contributed by atoms with E-state index in [-0.39, 0.29) is 41.9 Å². The summed E-state index contributed by atoms with van der Waals surface area (Å²) in [5.41, 5.74) is 11.1. The van der Waals surface area contributed by atoms with Crippen LogP contribution in [-0.2, 0) is 21.6 Å². The zero-order valence-electron chi connectivity index (χ0n) is 20.3. The molecule has 0 saturated carbocycles. The number of hydrogen-bond acceptors (Lipinski definition) is 8. The van der Waals surface area contributed by atoms with Crippen LogP contribution in [0.4, 0.5) is 39.4 Å². The van der Waals surface area contributed by atoms with Crippen LogP contribution < -0.4 is 21.1 Å². The van der Waals surface area contributed by atoms with Gasteiger partial charge in [-0.1, -0.05) is 6.92 Å². The lowest BCUT2D eigenvalue weighted by atomic mass is 9.91. The number of hydrogen-bond donors (Lipinski definition) is 2. The molecule has 0 spiro atoms. The van der Waals surface area contributed by atoms with Crippen molar-refractivity contribution >= 4 is 23.4 Å². The molecule has 0 saturated heterocycles. The quantitative estimate of drug-likeness (QED) is 0.340. The summed E-state index contributed by atoms with van der Waals surface area (Å²) in [6.45, 7) is 2.13. The van der Waals surface area contributed by atoms with E-state index in [1.54, 1.807) is 0 Å². The van der Waals surface area contributed by atoms with E-state index in [4.69, 9.17) is 16.2 Å². The van der Waals surface area contributed by atoms with Gasteiger partial charge in [0.15, 0.2) is 0 Å². The van der Waals surface area contributed by atoms with Gasteiger partial charge in [0, 0.05) is 35.5 Å². The Labute approximate surface area is 213 Å². The smallest absolute Gasteiger partial charge is 0.455 e. The summed E-state index contributed by atoms with van der Waals surface area (Å²) in [5.74, 6) is -2.73. The summed E-state index contributed by atoms with van der Waals surface area (Å²) in [6.07, 6.45) is -3.26. The summed E-state index contributed by atoms with van der Waals surface area (Å²) < 4.78 is 75.3. The Morgan fingerprint density at radius 1 is 1.11 bits per heavy atom. The van der Waals surface area contributed by atoms with Crippen LogP contribution in [0.1, 0.15) is 31.5 Å². The van der Waals surface area contributed by atoms with Crippen molar-refractivity contribution in [2.75, 3.05) is 29.5 Å². The highest BCUT2D eigenvalue weighted by molar-refractivity contribution is 6.03. The molecule has 0 aliphatic carbocycles. The molecular weight excluding hydrogens is 515 g/mol. The third-order valence-electron chi connectivity index (χ3n) is 5.94. The maximum absolute atomic E-state index is 14.0. The molecule has 2 aromatic heterocycles. The number of ether oxygens (including phenoxy) is 2. The Balaban J connectivity index is 1.80. The third-order valence-corrected chi connectivity index (χ3v) is 5.94. The second kappa shape index (κ2) is 10.0. The standard InChI is InChI=1S/C24H23F5N6O3/c1-3-16-18(19(30)34-22(31)33-16)12-7-17-20(32-11-12)38-23(2,13-8-14(25)10-15(26)9-13)21(36)35(17)5-4-6-37-24(27,28)29/h7-11H,3-6H2,1-2H3,(H4,30,31,33,34)/t23-/m0/s1. The van der Waals surface area contributed by atoms with Crippen molar-refractivity contribution in [3.8, 4) is 17.0 Å². The fourth-order valence-corrected chi connectivity index (χ4v) is 4.21. The highest BCUT2D eigenvalue weighted by atomic mass is 19.4. The summed E-state index contributed by atoms with van der Waals surface area (Å²) in [4.78, 5) is 27.3. The van der Waals surface area contributed by atoms with Crippen molar-refractivity contribution in [3.63, 3.8) is 0 Å². The van der Waals surface area contributed by atoms with Crippen molar-refractivity contribution in [2.24, 2.45) is 0 Å². The fourth-order valence-electron chi connectivity index (χ4n) is 4.21. The van der Waals surface area contributed by atoms with E-state index in [0.29, 0.717) is 29.3 Å². The largest absolute Gasteiger partial charge is 0.522 e. The van der Waals surface area contributed by atoms with Gasteiger partial charge in [-0.3, -0.25) is 9.53 Å². The molecule has 1 amide bonds. The first kappa shape index (κ1) is 27.0. The van der Waals surface area contributed by atoms with Gasteiger partial charge in [0.2, 0.25) is 17.4 Å². The molecule has 9 nitrogen and oxygen atoms in total. The number of rotatable bonds is 7. The number of nitrogens with two attached hydrogens (primary N) is 2. The maximum Gasteiger partial charge on any atom is 0.522 e. The first-order valence-electron chi connectivity index (χ1n) is 11.4. The van der Waals surface area contributed by atoms with Crippen LogP contribution in [0.15, 0.2) is 30.5 Å². The van der Waals surface area contributed by atoms with E-state index < -0.39 is 36.1 Å². The van der Waals surface area contributed by atoms with Gasteiger partial charge in [-0.25, -0.2) is 18.7 Å². The number of benzene rings is 1. The maximum atomic E-state index is 14.0. The summed E-state index contributed by atoms with van der Waals surface area (Å²) in [5, 5.41) is 0. The van der Waals surface area contributed by atoms with Crippen LogP contribution in [0, 0.1) is 11.6 Å². The number of halogens is 5. The summed E-state index contributed by atoms with van der Waals surface area (Å²) in [7, 11) is 0. The molecule has 202 valence electrons.